The summed E-state index contributed by atoms with van der Waals surface area (Å²) in [6, 6.07) is 20.2. The van der Waals surface area contributed by atoms with Crippen molar-refractivity contribution in [1.29, 1.82) is 0 Å². The molecule has 1 saturated heterocycles. The van der Waals surface area contributed by atoms with Crippen LogP contribution >= 0.6 is 0 Å². The highest BCUT2D eigenvalue weighted by molar-refractivity contribution is 5.82. The zero-order valence-electron chi connectivity index (χ0n) is 17.0. The number of cyclic esters (lactones) is 1. The van der Waals surface area contributed by atoms with E-state index in [1.165, 1.54) is 0 Å². The van der Waals surface area contributed by atoms with Crippen molar-refractivity contribution in [3.05, 3.63) is 94.2 Å². The number of carbonyl (C=O) groups is 1. The van der Waals surface area contributed by atoms with Gasteiger partial charge in [0.15, 0.2) is 0 Å². The Bertz CT molecular complexity index is 927. The van der Waals surface area contributed by atoms with Crippen LogP contribution in [0.15, 0.2) is 83.1 Å². The summed E-state index contributed by atoms with van der Waals surface area (Å²) in [4.78, 5) is 14.3. The summed E-state index contributed by atoms with van der Waals surface area (Å²) in [6.07, 6.45) is -0.569. The Hall–Kier alpha value is -3.03. The second-order valence-electron chi connectivity index (χ2n) is 7.52. The molecular weight excluding hydrogens is 346 g/mol. The van der Waals surface area contributed by atoms with E-state index in [9.17, 15) is 4.79 Å². The molecule has 1 heterocycles. The minimum atomic E-state index is -0.303. The molecule has 1 unspecified atom stereocenters. The molecule has 1 amide bonds. The molecule has 1 atom stereocenters. The van der Waals surface area contributed by atoms with E-state index in [1.807, 2.05) is 62.4 Å². The smallest absolute Gasteiger partial charge is 0.410 e. The van der Waals surface area contributed by atoms with Gasteiger partial charge in [-0.3, -0.25) is 4.90 Å². The molecule has 3 heteroatoms. The second-order valence-corrected chi connectivity index (χ2v) is 7.52. The maximum atomic E-state index is 12.5. The van der Waals surface area contributed by atoms with Gasteiger partial charge in [0, 0.05) is 17.7 Å². The standard InChI is InChI=1S/C25H27NO2/c1-18(2)15-22(21-13-9-6-10-14-21)24(19(3)4)23-17-26(25(27)28-23)16-20-11-7-5-8-12-20/h5-14,23H,16-17H2,1-4H3. The van der Waals surface area contributed by atoms with E-state index in [4.69, 9.17) is 4.74 Å². The Morgan fingerprint density at radius 3 is 2.18 bits per heavy atom. The van der Waals surface area contributed by atoms with Crippen LogP contribution in [0.3, 0.4) is 0 Å². The highest BCUT2D eigenvalue weighted by Gasteiger charge is 2.35. The average Bonchev–Trinajstić information content (AvgIpc) is 3.02. The fourth-order valence-corrected chi connectivity index (χ4v) is 3.47. The Kier molecular flexibility index (Phi) is 6.18. The Balaban J connectivity index is 1.94. The SMILES string of the molecule is CC(C)=C=C(C(=C(C)C)C1CN(Cc2ccccc2)C(=O)O1)c1ccccc1. The second kappa shape index (κ2) is 8.77. The molecule has 2 aromatic rings. The van der Waals surface area contributed by atoms with Crippen molar-refractivity contribution in [3.8, 4) is 0 Å². The van der Waals surface area contributed by atoms with Crippen molar-refractivity contribution in [2.24, 2.45) is 0 Å². The van der Waals surface area contributed by atoms with Crippen LogP contribution in [0.5, 0.6) is 0 Å². The highest BCUT2D eigenvalue weighted by atomic mass is 16.6. The lowest BCUT2D eigenvalue weighted by Crippen LogP contribution is -2.25. The third-order valence-corrected chi connectivity index (χ3v) is 4.67. The van der Waals surface area contributed by atoms with Crippen molar-refractivity contribution in [2.75, 3.05) is 6.54 Å². The van der Waals surface area contributed by atoms with E-state index in [-0.39, 0.29) is 12.2 Å². The molecule has 1 aliphatic heterocycles. The summed E-state index contributed by atoms with van der Waals surface area (Å²) < 4.78 is 5.81. The van der Waals surface area contributed by atoms with Crippen molar-refractivity contribution in [2.45, 2.75) is 40.3 Å². The van der Waals surface area contributed by atoms with E-state index in [0.717, 1.165) is 33.4 Å². The first-order valence-corrected chi connectivity index (χ1v) is 9.62. The molecule has 0 N–H and O–H groups in total. The predicted octanol–water partition coefficient (Wildman–Crippen LogP) is 5.99. The molecule has 0 spiro atoms. The zero-order valence-corrected chi connectivity index (χ0v) is 17.0. The number of rotatable bonds is 5. The van der Waals surface area contributed by atoms with Gasteiger partial charge in [-0.15, -0.1) is 5.73 Å². The lowest BCUT2D eigenvalue weighted by Gasteiger charge is -2.19. The van der Waals surface area contributed by atoms with Crippen LogP contribution in [0, 0.1) is 0 Å². The molecule has 28 heavy (non-hydrogen) atoms. The van der Waals surface area contributed by atoms with E-state index in [1.54, 1.807) is 4.90 Å². The van der Waals surface area contributed by atoms with Gasteiger partial charge in [0.25, 0.3) is 0 Å². The summed E-state index contributed by atoms with van der Waals surface area (Å²) in [6.45, 7) is 9.30. The molecule has 3 rings (SSSR count). The lowest BCUT2D eigenvalue weighted by molar-refractivity contribution is 0.142. The van der Waals surface area contributed by atoms with Crippen LogP contribution in [-0.4, -0.2) is 23.6 Å². The van der Waals surface area contributed by atoms with Gasteiger partial charge >= 0.3 is 6.09 Å². The molecule has 1 aliphatic rings. The summed E-state index contributed by atoms with van der Waals surface area (Å²) in [7, 11) is 0. The van der Waals surface area contributed by atoms with E-state index >= 15 is 0 Å². The molecular formula is C25H27NO2. The highest BCUT2D eigenvalue weighted by Crippen LogP contribution is 2.33. The largest absolute Gasteiger partial charge is 0.439 e. The van der Waals surface area contributed by atoms with Crippen LogP contribution in [0.25, 0.3) is 5.57 Å². The number of nitrogens with zero attached hydrogens (tertiary/aromatic N) is 1. The van der Waals surface area contributed by atoms with Gasteiger partial charge in [-0.05, 0) is 44.4 Å². The topological polar surface area (TPSA) is 29.5 Å². The number of hydrogen-bond acceptors (Lipinski definition) is 2. The number of benzene rings is 2. The van der Waals surface area contributed by atoms with Gasteiger partial charge in [0.05, 0.1) is 6.54 Å². The number of carbonyl (C=O) groups excluding carboxylic acids is 1. The molecule has 144 valence electrons. The quantitative estimate of drug-likeness (QED) is 0.476. The summed E-state index contributed by atoms with van der Waals surface area (Å²) >= 11 is 0. The van der Waals surface area contributed by atoms with Crippen molar-refractivity contribution in [1.82, 2.24) is 4.90 Å². The minimum absolute atomic E-state index is 0.266. The van der Waals surface area contributed by atoms with Gasteiger partial charge in [-0.1, -0.05) is 66.2 Å². The summed E-state index contributed by atoms with van der Waals surface area (Å²) in [5, 5.41) is 0. The fraction of sp³-hybridized carbons (Fsp3) is 0.280. The van der Waals surface area contributed by atoms with Crippen LogP contribution < -0.4 is 0 Å². The van der Waals surface area contributed by atoms with Crippen molar-refractivity contribution < 1.29 is 9.53 Å². The van der Waals surface area contributed by atoms with E-state index in [0.29, 0.717) is 13.1 Å². The first-order chi connectivity index (χ1) is 13.5. The van der Waals surface area contributed by atoms with Crippen LogP contribution in [-0.2, 0) is 11.3 Å². The van der Waals surface area contributed by atoms with Crippen LogP contribution in [0.2, 0.25) is 0 Å². The van der Waals surface area contributed by atoms with Gasteiger partial charge in [-0.25, -0.2) is 4.79 Å². The third kappa shape index (κ3) is 4.62. The molecule has 0 bridgehead atoms. The van der Waals surface area contributed by atoms with Crippen molar-refractivity contribution in [3.63, 3.8) is 0 Å². The van der Waals surface area contributed by atoms with Gasteiger partial charge in [0.1, 0.15) is 6.10 Å². The summed E-state index contributed by atoms with van der Waals surface area (Å²) in [5.41, 5.74) is 9.94. The van der Waals surface area contributed by atoms with Crippen LogP contribution in [0.4, 0.5) is 4.79 Å². The number of hydrogen-bond donors (Lipinski definition) is 0. The number of amides is 1. The lowest BCUT2D eigenvalue weighted by atomic mass is 9.90. The van der Waals surface area contributed by atoms with Crippen LogP contribution in [0.1, 0.15) is 38.8 Å². The molecule has 0 radical (unpaired) electrons. The minimum Gasteiger partial charge on any atom is -0.439 e. The fourth-order valence-electron chi connectivity index (χ4n) is 3.47. The summed E-state index contributed by atoms with van der Waals surface area (Å²) in [5.74, 6) is 0. The number of allylic oxidation sites excluding steroid dienone is 1. The molecule has 1 fully saturated rings. The van der Waals surface area contributed by atoms with E-state index < -0.39 is 0 Å². The maximum Gasteiger partial charge on any atom is 0.410 e. The first kappa shape index (κ1) is 19.7. The molecule has 0 aromatic heterocycles. The third-order valence-electron chi connectivity index (χ3n) is 4.67. The van der Waals surface area contributed by atoms with Gasteiger partial charge in [-0.2, -0.15) is 0 Å². The van der Waals surface area contributed by atoms with Gasteiger partial charge < -0.3 is 4.74 Å². The Labute approximate surface area is 167 Å². The molecule has 0 saturated carbocycles. The number of ether oxygens (including phenoxy) is 1. The Morgan fingerprint density at radius 2 is 1.61 bits per heavy atom. The van der Waals surface area contributed by atoms with E-state index in [2.05, 4.69) is 31.7 Å². The zero-order chi connectivity index (χ0) is 20.1. The van der Waals surface area contributed by atoms with Crippen molar-refractivity contribution >= 4 is 11.7 Å². The maximum absolute atomic E-state index is 12.5. The molecule has 2 aromatic carbocycles. The molecule has 3 nitrogen and oxygen atoms in total. The molecule has 0 aliphatic carbocycles. The van der Waals surface area contributed by atoms with Gasteiger partial charge in [0.2, 0.25) is 0 Å². The average molecular weight is 373 g/mol. The Morgan fingerprint density at radius 1 is 1.00 bits per heavy atom. The first-order valence-electron chi connectivity index (χ1n) is 9.62. The normalized spacial score (nSPS) is 15.6. The predicted molar refractivity (Wildman–Crippen MR) is 114 cm³/mol. The monoisotopic (exact) mass is 373 g/mol.